The summed E-state index contributed by atoms with van der Waals surface area (Å²) in [5.74, 6) is 1.86. The average molecular weight is 270 g/mol. The van der Waals surface area contributed by atoms with Crippen molar-refractivity contribution in [3.63, 3.8) is 0 Å². The van der Waals surface area contributed by atoms with Crippen molar-refractivity contribution < 1.29 is 0 Å². The maximum Gasteiger partial charge on any atom is 0.0991 e. The van der Waals surface area contributed by atoms with E-state index >= 15 is 0 Å². The maximum absolute atomic E-state index is 8.81. The fourth-order valence-electron chi connectivity index (χ4n) is 3.09. The molecule has 0 amide bonds. The van der Waals surface area contributed by atoms with Crippen molar-refractivity contribution >= 4 is 0 Å². The van der Waals surface area contributed by atoms with E-state index in [0.29, 0.717) is 6.04 Å². The van der Waals surface area contributed by atoms with E-state index in [1.54, 1.807) is 0 Å². The van der Waals surface area contributed by atoms with Gasteiger partial charge in [0.05, 0.1) is 11.6 Å². The molecule has 0 spiro atoms. The van der Waals surface area contributed by atoms with Crippen LogP contribution >= 0.6 is 0 Å². The first kappa shape index (κ1) is 15.1. The number of hydrogen-bond acceptors (Lipinski definition) is 2. The summed E-state index contributed by atoms with van der Waals surface area (Å²) in [6, 6.07) is 10.4. The Morgan fingerprint density at radius 1 is 1.20 bits per heavy atom. The van der Waals surface area contributed by atoms with Gasteiger partial charge in [-0.25, -0.2) is 0 Å². The van der Waals surface area contributed by atoms with Crippen LogP contribution in [0, 0.1) is 23.2 Å². The molecule has 20 heavy (non-hydrogen) atoms. The summed E-state index contributed by atoms with van der Waals surface area (Å²) in [6.45, 7) is 5.67. The lowest BCUT2D eigenvalue weighted by molar-refractivity contribution is 0.273. The molecule has 0 saturated heterocycles. The minimum atomic E-state index is 0.366. The van der Waals surface area contributed by atoms with E-state index in [-0.39, 0.29) is 0 Å². The molecule has 1 saturated carbocycles. The van der Waals surface area contributed by atoms with E-state index in [9.17, 15) is 0 Å². The molecule has 1 N–H and O–H groups in total. The monoisotopic (exact) mass is 270 g/mol. The van der Waals surface area contributed by atoms with E-state index in [0.717, 1.165) is 23.9 Å². The standard InChI is InChI=1S/C18H26N2/c1-14-3-5-16(6-4-14)11-12-20-15(2)18-9-7-17(13-19)8-10-18/h7-10,14-16,20H,3-6,11-12H2,1-2H3. The highest BCUT2D eigenvalue weighted by Gasteiger charge is 2.17. The lowest BCUT2D eigenvalue weighted by Gasteiger charge is -2.26. The molecule has 108 valence electrons. The van der Waals surface area contributed by atoms with Crippen LogP contribution < -0.4 is 5.32 Å². The quantitative estimate of drug-likeness (QED) is 0.859. The van der Waals surface area contributed by atoms with Gasteiger partial charge in [-0.1, -0.05) is 44.7 Å². The van der Waals surface area contributed by atoms with Gasteiger partial charge < -0.3 is 5.32 Å². The van der Waals surface area contributed by atoms with Crippen molar-refractivity contribution in [2.75, 3.05) is 6.54 Å². The number of hydrogen-bond donors (Lipinski definition) is 1. The molecular formula is C18H26N2. The minimum absolute atomic E-state index is 0.366. The first-order chi connectivity index (χ1) is 9.69. The van der Waals surface area contributed by atoms with Gasteiger partial charge in [-0.15, -0.1) is 0 Å². The molecule has 2 nitrogen and oxygen atoms in total. The number of nitrogens with one attached hydrogen (secondary N) is 1. The Morgan fingerprint density at radius 3 is 2.45 bits per heavy atom. The Labute approximate surface area is 123 Å². The number of nitrogens with zero attached hydrogens (tertiary/aromatic N) is 1. The second-order valence-corrected chi connectivity index (χ2v) is 6.32. The first-order valence-corrected chi connectivity index (χ1v) is 7.92. The third-order valence-corrected chi connectivity index (χ3v) is 4.68. The minimum Gasteiger partial charge on any atom is -0.310 e. The fourth-order valence-corrected chi connectivity index (χ4v) is 3.09. The van der Waals surface area contributed by atoms with Crippen molar-refractivity contribution in [1.29, 1.82) is 5.26 Å². The highest BCUT2D eigenvalue weighted by molar-refractivity contribution is 5.32. The molecular weight excluding hydrogens is 244 g/mol. The summed E-state index contributed by atoms with van der Waals surface area (Å²) >= 11 is 0. The molecule has 0 heterocycles. The number of benzene rings is 1. The smallest absolute Gasteiger partial charge is 0.0991 e. The molecule has 1 aromatic carbocycles. The largest absolute Gasteiger partial charge is 0.310 e. The van der Waals surface area contributed by atoms with Gasteiger partial charge in [-0.2, -0.15) is 5.26 Å². The van der Waals surface area contributed by atoms with Crippen LogP contribution in [0.2, 0.25) is 0 Å². The second-order valence-electron chi connectivity index (χ2n) is 6.32. The van der Waals surface area contributed by atoms with E-state index in [1.165, 1.54) is 37.7 Å². The molecule has 1 unspecified atom stereocenters. The molecule has 1 atom stereocenters. The molecule has 2 rings (SSSR count). The Morgan fingerprint density at radius 2 is 1.85 bits per heavy atom. The van der Waals surface area contributed by atoms with Crippen LogP contribution in [0.5, 0.6) is 0 Å². The van der Waals surface area contributed by atoms with Crippen molar-refractivity contribution in [2.45, 2.75) is 52.0 Å². The molecule has 0 aromatic heterocycles. The topological polar surface area (TPSA) is 35.8 Å². The van der Waals surface area contributed by atoms with Gasteiger partial charge >= 0.3 is 0 Å². The van der Waals surface area contributed by atoms with Gasteiger partial charge in [-0.3, -0.25) is 0 Å². The molecule has 0 aliphatic heterocycles. The average Bonchev–Trinajstić information content (AvgIpc) is 2.49. The Balaban J connectivity index is 1.72. The summed E-state index contributed by atoms with van der Waals surface area (Å²) in [5, 5.41) is 12.4. The van der Waals surface area contributed by atoms with Crippen molar-refractivity contribution in [1.82, 2.24) is 5.32 Å². The zero-order chi connectivity index (χ0) is 14.4. The molecule has 2 heteroatoms. The molecule has 0 bridgehead atoms. The molecule has 1 aromatic rings. The molecule has 1 aliphatic rings. The zero-order valence-electron chi connectivity index (χ0n) is 12.7. The molecule has 1 aliphatic carbocycles. The number of rotatable bonds is 5. The van der Waals surface area contributed by atoms with Crippen molar-refractivity contribution in [2.24, 2.45) is 11.8 Å². The van der Waals surface area contributed by atoms with Crippen molar-refractivity contribution in [3.8, 4) is 6.07 Å². The van der Waals surface area contributed by atoms with E-state index in [4.69, 9.17) is 5.26 Å². The number of nitriles is 1. The zero-order valence-corrected chi connectivity index (χ0v) is 12.7. The van der Waals surface area contributed by atoms with Gasteiger partial charge in [0.1, 0.15) is 0 Å². The van der Waals surface area contributed by atoms with Crippen LogP contribution in [0.15, 0.2) is 24.3 Å². The third kappa shape index (κ3) is 4.35. The van der Waals surface area contributed by atoms with Crippen LogP contribution in [0.3, 0.4) is 0 Å². The summed E-state index contributed by atoms with van der Waals surface area (Å²) < 4.78 is 0. The Kier molecular flexibility index (Phi) is 5.61. The third-order valence-electron chi connectivity index (χ3n) is 4.68. The molecule has 1 fully saturated rings. The van der Waals surface area contributed by atoms with Gasteiger partial charge in [0.25, 0.3) is 0 Å². The summed E-state index contributed by atoms with van der Waals surface area (Å²) in [5.41, 5.74) is 2.00. The van der Waals surface area contributed by atoms with Crippen LogP contribution in [0.1, 0.15) is 63.1 Å². The summed E-state index contributed by atoms with van der Waals surface area (Å²) in [7, 11) is 0. The van der Waals surface area contributed by atoms with Gasteiger partial charge in [0.2, 0.25) is 0 Å². The Bertz CT molecular complexity index is 435. The SMILES string of the molecule is CC1CCC(CCNC(C)c2ccc(C#N)cc2)CC1. The van der Waals surface area contributed by atoms with Crippen LogP contribution in [-0.4, -0.2) is 6.54 Å². The maximum atomic E-state index is 8.81. The summed E-state index contributed by atoms with van der Waals surface area (Å²) in [4.78, 5) is 0. The molecule has 0 radical (unpaired) electrons. The second kappa shape index (κ2) is 7.45. The van der Waals surface area contributed by atoms with Crippen LogP contribution in [0.4, 0.5) is 0 Å². The normalized spacial score (nSPS) is 24.1. The van der Waals surface area contributed by atoms with E-state index in [2.05, 4.69) is 37.4 Å². The van der Waals surface area contributed by atoms with E-state index in [1.807, 2.05) is 12.1 Å². The van der Waals surface area contributed by atoms with Gasteiger partial charge in [-0.05, 0) is 49.4 Å². The first-order valence-electron chi connectivity index (χ1n) is 7.92. The highest BCUT2D eigenvalue weighted by atomic mass is 14.9. The van der Waals surface area contributed by atoms with Gasteiger partial charge in [0.15, 0.2) is 0 Å². The van der Waals surface area contributed by atoms with Gasteiger partial charge in [0, 0.05) is 6.04 Å². The van der Waals surface area contributed by atoms with Crippen LogP contribution in [0.25, 0.3) is 0 Å². The lowest BCUT2D eigenvalue weighted by atomic mass is 9.81. The lowest BCUT2D eigenvalue weighted by Crippen LogP contribution is -2.23. The van der Waals surface area contributed by atoms with Crippen LogP contribution in [-0.2, 0) is 0 Å². The van der Waals surface area contributed by atoms with Crippen molar-refractivity contribution in [3.05, 3.63) is 35.4 Å². The highest BCUT2D eigenvalue weighted by Crippen LogP contribution is 2.30. The predicted molar refractivity (Wildman–Crippen MR) is 83.3 cm³/mol. The van der Waals surface area contributed by atoms with E-state index < -0.39 is 0 Å². The summed E-state index contributed by atoms with van der Waals surface area (Å²) in [6.07, 6.45) is 6.95. The predicted octanol–water partition coefficient (Wildman–Crippen LogP) is 4.43. The Hall–Kier alpha value is -1.33. The fraction of sp³-hybridized carbons (Fsp3) is 0.611.